The summed E-state index contributed by atoms with van der Waals surface area (Å²) in [5, 5.41) is 10.5. The van der Waals surface area contributed by atoms with Gasteiger partial charge in [-0.25, -0.2) is 14.4 Å². The third-order valence-electron chi connectivity index (χ3n) is 8.45. The number of para-hydroxylation sites is 1. The number of nitrogens with zero attached hydrogens (tertiary/aromatic N) is 5. The smallest absolute Gasteiger partial charge is 0.227 e. The molecule has 2 aliphatic rings. The van der Waals surface area contributed by atoms with E-state index in [1.165, 1.54) is 25.0 Å². The van der Waals surface area contributed by atoms with Crippen LogP contribution in [0.2, 0.25) is 0 Å². The Labute approximate surface area is 258 Å². The first-order chi connectivity index (χ1) is 22.1. The second-order valence-electron chi connectivity index (χ2n) is 11.8. The van der Waals surface area contributed by atoms with E-state index in [4.69, 9.17) is 14.7 Å². The first-order valence-electron chi connectivity index (χ1n) is 15.3. The molecule has 2 fully saturated rings. The van der Waals surface area contributed by atoms with Crippen molar-refractivity contribution in [2.75, 3.05) is 31.6 Å². The lowest BCUT2D eigenvalue weighted by Gasteiger charge is -2.15. The Morgan fingerprint density at radius 2 is 1.87 bits per heavy atom. The molecule has 11 heteroatoms. The number of benzene rings is 2. The summed E-state index contributed by atoms with van der Waals surface area (Å²) in [5.41, 5.74) is 7.00. The number of rotatable bonds is 9. The average Bonchev–Trinajstić information content (AvgIpc) is 3.40. The summed E-state index contributed by atoms with van der Waals surface area (Å²) in [6.45, 7) is 3.52. The van der Waals surface area contributed by atoms with Gasteiger partial charge in [0.15, 0.2) is 11.5 Å². The zero-order valence-corrected chi connectivity index (χ0v) is 24.5. The third kappa shape index (κ3) is 5.62. The number of anilines is 1. The van der Waals surface area contributed by atoms with E-state index in [0.29, 0.717) is 51.9 Å². The fraction of sp³-hybridized carbons (Fsp3) is 0.265. The minimum Gasteiger partial charge on any atom is -0.492 e. The molecule has 0 spiro atoms. The predicted molar refractivity (Wildman–Crippen MR) is 170 cm³/mol. The summed E-state index contributed by atoms with van der Waals surface area (Å²) >= 11 is 0. The molecule has 2 aromatic carbocycles. The second-order valence-corrected chi connectivity index (χ2v) is 11.8. The van der Waals surface area contributed by atoms with Crippen molar-refractivity contribution in [2.45, 2.75) is 25.7 Å². The Bertz CT molecular complexity index is 2040. The molecule has 8 rings (SSSR count). The quantitative estimate of drug-likeness (QED) is 0.180. The molecule has 0 unspecified atom stereocenters. The lowest BCUT2D eigenvalue weighted by atomic mass is 10.0. The molecular weight excluding hydrogens is 571 g/mol. The van der Waals surface area contributed by atoms with Crippen molar-refractivity contribution in [1.82, 2.24) is 35.0 Å². The molecule has 3 N–H and O–H groups in total. The molecule has 0 radical (unpaired) electrons. The highest BCUT2D eigenvalue weighted by Gasteiger charge is 2.29. The lowest BCUT2D eigenvalue weighted by molar-refractivity contribution is -0.117. The number of H-pyrrole nitrogens is 2. The largest absolute Gasteiger partial charge is 0.492 e. The fourth-order valence-corrected chi connectivity index (χ4v) is 5.94. The number of likely N-dealkylation sites (tertiary alicyclic amines) is 1. The molecule has 0 atom stereocenters. The van der Waals surface area contributed by atoms with Crippen LogP contribution in [0.3, 0.4) is 0 Å². The van der Waals surface area contributed by atoms with Gasteiger partial charge in [-0.05, 0) is 80.7 Å². The number of imidazole rings is 1. The normalized spacial score (nSPS) is 15.2. The molecule has 5 heterocycles. The Hall–Kier alpha value is -5.16. The maximum Gasteiger partial charge on any atom is 0.227 e. The second kappa shape index (κ2) is 11.4. The van der Waals surface area contributed by atoms with Crippen LogP contribution in [-0.4, -0.2) is 67.2 Å². The number of aromatic nitrogens is 6. The van der Waals surface area contributed by atoms with E-state index in [-0.39, 0.29) is 17.6 Å². The Morgan fingerprint density at radius 3 is 2.73 bits per heavy atom. The van der Waals surface area contributed by atoms with Crippen LogP contribution in [0, 0.1) is 11.7 Å². The Kier molecular flexibility index (Phi) is 6.94. The van der Waals surface area contributed by atoms with E-state index in [0.717, 1.165) is 54.6 Å². The highest BCUT2D eigenvalue weighted by molar-refractivity contribution is 5.97. The van der Waals surface area contributed by atoms with Crippen molar-refractivity contribution >= 4 is 33.7 Å². The molecule has 1 saturated carbocycles. The molecule has 4 aromatic heterocycles. The number of fused-ring (bicyclic) bond motifs is 2. The molecule has 1 saturated heterocycles. The van der Waals surface area contributed by atoms with Crippen molar-refractivity contribution in [2.24, 2.45) is 5.92 Å². The number of carbonyl (C=O) groups is 1. The third-order valence-corrected chi connectivity index (χ3v) is 8.45. The maximum absolute atomic E-state index is 14.8. The number of hydrogen-bond donors (Lipinski definition) is 3. The highest BCUT2D eigenvalue weighted by Crippen LogP contribution is 2.34. The molecule has 10 nitrogen and oxygen atoms in total. The standard InChI is InChI=1S/C34H31FN8O2/c35-23-14-21(16-25(17-23)45-13-12-43-10-1-2-11-43)26-4-3-5-28-30(26)40-33(39-28)32-31-29(41-42-32)9-8-27(38-31)22-15-24(19-36-18-22)37-34(44)20-6-7-20/h3-5,8-9,14-20H,1-2,6-7,10-13H2,(H,37,44)(H,39,40)(H,41,42). The number of carbonyl (C=O) groups excluding carboxylic acids is 1. The van der Waals surface area contributed by atoms with Crippen LogP contribution in [-0.2, 0) is 4.79 Å². The number of amides is 1. The molecule has 1 aliphatic heterocycles. The van der Waals surface area contributed by atoms with Crippen LogP contribution >= 0.6 is 0 Å². The Morgan fingerprint density at radius 1 is 0.978 bits per heavy atom. The SMILES string of the molecule is O=C(Nc1cncc(-c2ccc3[nH]nc(-c4nc5c(-c6cc(F)cc(OCCN7CCCC7)c6)cccc5[nH]4)c3n2)c1)C1CC1. The number of halogens is 1. The molecule has 226 valence electrons. The van der Waals surface area contributed by atoms with Gasteiger partial charge in [0.1, 0.15) is 23.7 Å². The number of ether oxygens (including phenoxy) is 1. The van der Waals surface area contributed by atoms with E-state index >= 15 is 0 Å². The van der Waals surface area contributed by atoms with E-state index in [1.54, 1.807) is 12.4 Å². The minimum absolute atomic E-state index is 0.0262. The predicted octanol–water partition coefficient (Wildman–Crippen LogP) is 6.19. The number of aromatic amines is 2. The molecule has 0 bridgehead atoms. The topological polar surface area (TPSA) is 125 Å². The lowest BCUT2D eigenvalue weighted by Crippen LogP contribution is -2.25. The summed E-state index contributed by atoms with van der Waals surface area (Å²) < 4.78 is 20.7. The van der Waals surface area contributed by atoms with Crippen LogP contribution in [0.5, 0.6) is 5.75 Å². The molecular formula is C34H31FN8O2. The van der Waals surface area contributed by atoms with E-state index in [9.17, 15) is 9.18 Å². The van der Waals surface area contributed by atoms with Crippen molar-refractivity contribution in [3.05, 3.63) is 72.8 Å². The van der Waals surface area contributed by atoms with Crippen LogP contribution in [0.25, 0.3) is 56.0 Å². The van der Waals surface area contributed by atoms with Crippen molar-refractivity contribution in [3.8, 4) is 39.7 Å². The summed E-state index contributed by atoms with van der Waals surface area (Å²) in [6, 6.07) is 16.2. The Balaban J connectivity index is 1.10. The van der Waals surface area contributed by atoms with Crippen LogP contribution in [0.15, 0.2) is 67.0 Å². The van der Waals surface area contributed by atoms with Gasteiger partial charge in [-0.1, -0.05) is 12.1 Å². The number of nitrogens with one attached hydrogen (secondary N) is 3. The minimum atomic E-state index is -0.364. The van der Waals surface area contributed by atoms with Gasteiger partial charge in [0.2, 0.25) is 5.91 Å². The number of pyridine rings is 2. The van der Waals surface area contributed by atoms with Gasteiger partial charge in [0, 0.05) is 35.9 Å². The first-order valence-corrected chi connectivity index (χ1v) is 15.3. The van der Waals surface area contributed by atoms with Gasteiger partial charge >= 0.3 is 0 Å². The van der Waals surface area contributed by atoms with Crippen LogP contribution < -0.4 is 10.1 Å². The molecule has 45 heavy (non-hydrogen) atoms. The zero-order chi connectivity index (χ0) is 30.3. The summed E-state index contributed by atoms with van der Waals surface area (Å²) in [4.78, 5) is 32.2. The summed E-state index contributed by atoms with van der Waals surface area (Å²) in [5.74, 6) is 0.797. The van der Waals surface area contributed by atoms with E-state index < -0.39 is 0 Å². The summed E-state index contributed by atoms with van der Waals surface area (Å²) in [7, 11) is 0. The highest BCUT2D eigenvalue weighted by atomic mass is 19.1. The van der Waals surface area contributed by atoms with Gasteiger partial charge in [-0.15, -0.1) is 0 Å². The number of hydrogen-bond acceptors (Lipinski definition) is 7. The first kappa shape index (κ1) is 27.4. The van der Waals surface area contributed by atoms with Crippen LogP contribution in [0.4, 0.5) is 10.1 Å². The van der Waals surface area contributed by atoms with Crippen molar-refractivity contribution < 1.29 is 13.9 Å². The van der Waals surface area contributed by atoms with E-state index in [2.05, 4.69) is 30.4 Å². The van der Waals surface area contributed by atoms with Crippen molar-refractivity contribution in [3.63, 3.8) is 0 Å². The fourth-order valence-electron chi connectivity index (χ4n) is 5.94. The van der Waals surface area contributed by atoms with Gasteiger partial charge in [0.25, 0.3) is 0 Å². The molecule has 1 amide bonds. The van der Waals surface area contributed by atoms with Gasteiger partial charge < -0.3 is 15.0 Å². The van der Waals surface area contributed by atoms with Crippen LogP contribution in [0.1, 0.15) is 25.7 Å². The molecule has 6 aromatic rings. The van der Waals surface area contributed by atoms with Gasteiger partial charge in [-0.2, -0.15) is 5.10 Å². The average molecular weight is 603 g/mol. The van der Waals surface area contributed by atoms with Gasteiger partial charge in [-0.3, -0.25) is 19.8 Å². The molecule has 1 aliphatic carbocycles. The maximum atomic E-state index is 14.8. The van der Waals surface area contributed by atoms with E-state index in [1.807, 2.05) is 42.5 Å². The monoisotopic (exact) mass is 602 g/mol. The summed E-state index contributed by atoms with van der Waals surface area (Å²) in [6.07, 6.45) is 7.66. The van der Waals surface area contributed by atoms with Gasteiger partial charge in [0.05, 0.1) is 34.1 Å². The van der Waals surface area contributed by atoms with Crippen molar-refractivity contribution in [1.29, 1.82) is 0 Å². The zero-order valence-electron chi connectivity index (χ0n) is 24.5.